The number of hydrogen-bond acceptors (Lipinski definition) is 2. The van der Waals surface area contributed by atoms with Crippen LogP contribution in [0.5, 0.6) is 11.8 Å². The second-order valence-electron chi connectivity index (χ2n) is 4.31. The average Bonchev–Trinajstić information content (AvgIpc) is 2.90. The zero-order valence-electron chi connectivity index (χ0n) is 10.7. The summed E-state index contributed by atoms with van der Waals surface area (Å²) in [6, 6.07) is 13.7. The monoisotopic (exact) mass is 286 g/mol. The highest BCUT2D eigenvalue weighted by Crippen LogP contribution is 2.17. The molecule has 0 saturated heterocycles. The first-order valence-corrected chi connectivity index (χ1v) is 6.58. The molecule has 2 aromatic heterocycles. The molecule has 0 aliphatic carbocycles. The van der Waals surface area contributed by atoms with E-state index in [4.69, 9.17) is 16.3 Å². The summed E-state index contributed by atoms with van der Waals surface area (Å²) in [5, 5.41) is 0.587. The molecule has 0 aliphatic rings. The summed E-state index contributed by atoms with van der Waals surface area (Å²) in [5.41, 5.74) is 1.20. The summed E-state index contributed by atoms with van der Waals surface area (Å²) in [5.74, 6) is 1.21. The van der Waals surface area contributed by atoms with Crippen molar-refractivity contribution in [3.05, 3.63) is 71.8 Å². The lowest BCUT2D eigenvalue weighted by Crippen LogP contribution is -2.33. The Kier molecular flexibility index (Phi) is 3.65. The Balaban J connectivity index is 1.78. The SMILES string of the molecule is Clc1ccc(Oc2c[nH]c[n+]2Cc2ccccc2)nc1. The minimum Gasteiger partial charge on any atom is -0.401 e. The van der Waals surface area contributed by atoms with Crippen molar-refractivity contribution >= 4 is 11.6 Å². The second kappa shape index (κ2) is 5.75. The minimum atomic E-state index is 0.510. The van der Waals surface area contributed by atoms with Gasteiger partial charge in [0.15, 0.2) is 6.20 Å². The maximum absolute atomic E-state index is 5.80. The molecule has 100 valence electrons. The molecule has 0 atom stereocenters. The Morgan fingerprint density at radius 1 is 1.15 bits per heavy atom. The number of rotatable bonds is 4. The molecule has 0 aliphatic heterocycles. The molecular weight excluding hydrogens is 274 g/mol. The van der Waals surface area contributed by atoms with Crippen LogP contribution in [0.15, 0.2) is 61.2 Å². The van der Waals surface area contributed by atoms with E-state index in [-0.39, 0.29) is 0 Å². The first kappa shape index (κ1) is 12.7. The zero-order chi connectivity index (χ0) is 13.8. The predicted molar refractivity (Wildman–Crippen MR) is 75.9 cm³/mol. The third kappa shape index (κ3) is 2.97. The van der Waals surface area contributed by atoms with Crippen LogP contribution < -0.4 is 9.30 Å². The van der Waals surface area contributed by atoms with Crippen LogP contribution in [0.25, 0.3) is 0 Å². The summed E-state index contributed by atoms with van der Waals surface area (Å²) in [4.78, 5) is 7.15. The van der Waals surface area contributed by atoms with Crippen LogP contribution in [0.3, 0.4) is 0 Å². The van der Waals surface area contributed by atoms with Crippen LogP contribution in [0.4, 0.5) is 0 Å². The van der Waals surface area contributed by atoms with Crippen LogP contribution >= 0.6 is 11.6 Å². The predicted octanol–water partition coefficient (Wildman–Crippen LogP) is 3.19. The Morgan fingerprint density at radius 2 is 2.00 bits per heavy atom. The van der Waals surface area contributed by atoms with Crippen LogP contribution in [0.1, 0.15) is 5.56 Å². The van der Waals surface area contributed by atoms with Crippen LogP contribution in [0, 0.1) is 0 Å². The second-order valence-corrected chi connectivity index (χ2v) is 4.74. The van der Waals surface area contributed by atoms with Crippen LogP contribution in [0.2, 0.25) is 5.02 Å². The molecule has 0 fully saturated rings. The zero-order valence-corrected chi connectivity index (χ0v) is 11.4. The first-order valence-electron chi connectivity index (χ1n) is 6.21. The summed E-state index contributed by atoms with van der Waals surface area (Å²) in [6.45, 7) is 0.729. The van der Waals surface area contributed by atoms with Gasteiger partial charge in [0, 0.05) is 12.3 Å². The summed E-state index contributed by atoms with van der Waals surface area (Å²) in [6.07, 6.45) is 5.21. The van der Waals surface area contributed by atoms with Crippen molar-refractivity contribution in [3.63, 3.8) is 0 Å². The van der Waals surface area contributed by atoms with Crippen molar-refractivity contribution in [3.8, 4) is 11.8 Å². The number of aromatic amines is 1. The van der Waals surface area contributed by atoms with E-state index in [0.29, 0.717) is 16.8 Å². The van der Waals surface area contributed by atoms with Gasteiger partial charge in [-0.15, -0.1) is 0 Å². The first-order chi connectivity index (χ1) is 9.81. The summed E-state index contributed by atoms with van der Waals surface area (Å²) < 4.78 is 7.72. The molecule has 4 nitrogen and oxygen atoms in total. The van der Waals surface area contributed by atoms with Crippen molar-refractivity contribution < 1.29 is 9.30 Å². The normalized spacial score (nSPS) is 10.4. The number of pyridine rings is 1. The molecule has 3 rings (SSSR count). The van der Waals surface area contributed by atoms with E-state index >= 15 is 0 Å². The van der Waals surface area contributed by atoms with Crippen molar-refractivity contribution in [2.45, 2.75) is 6.54 Å². The van der Waals surface area contributed by atoms with Crippen molar-refractivity contribution in [2.24, 2.45) is 0 Å². The fourth-order valence-corrected chi connectivity index (χ4v) is 1.98. The van der Waals surface area contributed by atoms with E-state index < -0.39 is 0 Å². The van der Waals surface area contributed by atoms with Crippen LogP contribution in [-0.4, -0.2) is 9.97 Å². The number of ether oxygens (including phenoxy) is 1. The molecule has 1 aromatic carbocycles. The van der Waals surface area contributed by atoms with Gasteiger partial charge in [0.25, 0.3) is 0 Å². The molecule has 20 heavy (non-hydrogen) atoms. The summed E-state index contributed by atoms with van der Waals surface area (Å²) in [7, 11) is 0. The van der Waals surface area contributed by atoms with E-state index in [1.807, 2.05) is 29.1 Å². The van der Waals surface area contributed by atoms with Gasteiger partial charge in [0.2, 0.25) is 12.2 Å². The maximum atomic E-state index is 5.80. The van der Waals surface area contributed by atoms with E-state index in [1.54, 1.807) is 24.5 Å². The molecule has 0 unspecified atom stereocenters. The lowest BCUT2D eigenvalue weighted by molar-refractivity contribution is -0.690. The topological polar surface area (TPSA) is 41.8 Å². The molecule has 2 heterocycles. The molecular formula is C15H13ClN3O+. The van der Waals surface area contributed by atoms with Gasteiger partial charge in [-0.05, 0) is 11.6 Å². The number of halogens is 1. The quantitative estimate of drug-likeness (QED) is 0.749. The number of benzene rings is 1. The van der Waals surface area contributed by atoms with E-state index in [9.17, 15) is 0 Å². The lowest BCUT2D eigenvalue weighted by Gasteiger charge is -2.03. The number of imidazole rings is 1. The van der Waals surface area contributed by atoms with Crippen molar-refractivity contribution in [1.29, 1.82) is 0 Å². The molecule has 0 bridgehead atoms. The Labute approximate surface area is 121 Å². The highest BCUT2D eigenvalue weighted by atomic mass is 35.5. The van der Waals surface area contributed by atoms with Gasteiger partial charge in [-0.1, -0.05) is 41.9 Å². The molecule has 0 radical (unpaired) electrons. The standard InChI is InChI=1S/C15H12ClN3O/c16-13-6-7-14(18-8-13)20-15-9-17-11-19(15)10-12-4-2-1-3-5-12/h1-9,11H,10H2/p+1. The fourth-order valence-electron chi connectivity index (χ4n) is 1.87. The van der Waals surface area contributed by atoms with Crippen molar-refractivity contribution in [2.75, 3.05) is 0 Å². The molecule has 1 N–H and O–H groups in total. The van der Waals surface area contributed by atoms with E-state index in [0.717, 1.165) is 6.54 Å². The van der Waals surface area contributed by atoms with Gasteiger partial charge >= 0.3 is 5.88 Å². The third-order valence-corrected chi connectivity index (χ3v) is 3.05. The highest BCUT2D eigenvalue weighted by Gasteiger charge is 2.12. The van der Waals surface area contributed by atoms with Gasteiger partial charge in [0.05, 0.1) is 5.02 Å². The molecule has 3 aromatic rings. The fraction of sp³-hybridized carbons (Fsp3) is 0.0667. The number of nitrogens with zero attached hydrogens (tertiary/aromatic N) is 2. The van der Waals surface area contributed by atoms with Crippen molar-refractivity contribution in [1.82, 2.24) is 9.97 Å². The van der Waals surface area contributed by atoms with Gasteiger partial charge in [-0.25, -0.2) is 9.97 Å². The van der Waals surface area contributed by atoms with Gasteiger partial charge < -0.3 is 4.74 Å². The van der Waals surface area contributed by atoms with E-state index in [2.05, 4.69) is 22.1 Å². The highest BCUT2D eigenvalue weighted by molar-refractivity contribution is 6.30. The number of aromatic nitrogens is 3. The van der Waals surface area contributed by atoms with Gasteiger partial charge in [-0.2, -0.15) is 4.57 Å². The number of H-pyrrole nitrogens is 1. The van der Waals surface area contributed by atoms with Crippen LogP contribution in [-0.2, 0) is 6.54 Å². The number of nitrogens with one attached hydrogen (secondary N) is 1. The van der Waals surface area contributed by atoms with E-state index in [1.165, 1.54) is 5.56 Å². The molecule has 0 amide bonds. The summed E-state index contributed by atoms with van der Waals surface area (Å²) >= 11 is 5.80. The molecule has 0 saturated carbocycles. The largest absolute Gasteiger partial charge is 0.401 e. The Hall–Kier alpha value is -2.33. The third-order valence-electron chi connectivity index (χ3n) is 2.83. The minimum absolute atomic E-state index is 0.510. The average molecular weight is 287 g/mol. The smallest absolute Gasteiger partial charge is 0.331 e. The molecule has 5 heteroatoms. The van der Waals surface area contributed by atoms with Gasteiger partial charge in [0.1, 0.15) is 6.54 Å². The molecule has 0 spiro atoms. The Morgan fingerprint density at radius 3 is 2.75 bits per heavy atom. The maximum Gasteiger partial charge on any atom is 0.331 e. The lowest BCUT2D eigenvalue weighted by atomic mass is 10.2. The van der Waals surface area contributed by atoms with Gasteiger partial charge in [-0.3, -0.25) is 0 Å². The Bertz CT molecular complexity index is 680. The number of hydrogen-bond donors (Lipinski definition) is 1.